The molecular weight excluding hydrogens is 249 g/mol. The van der Waals surface area contributed by atoms with Crippen LogP contribution in [-0.2, 0) is 6.42 Å². The molecule has 0 saturated heterocycles. The van der Waals surface area contributed by atoms with Crippen LogP contribution in [-0.4, -0.2) is 13.1 Å². The highest BCUT2D eigenvalue weighted by molar-refractivity contribution is 5.18. The summed E-state index contributed by atoms with van der Waals surface area (Å²) in [6.45, 7) is 6.66. The Morgan fingerprint density at radius 2 is 1.85 bits per heavy atom. The van der Waals surface area contributed by atoms with Crippen LogP contribution in [0.4, 0.5) is 4.39 Å². The molecule has 1 aliphatic rings. The zero-order valence-corrected chi connectivity index (χ0v) is 12.9. The monoisotopic (exact) mass is 277 g/mol. The minimum absolute atomic E-state index is 0.0352. The van der Waals surface area contributed by atoms with Crippen LogP contribution in [0.3, 0.4) is 0 Å². The van der Waals surface area contributed by atoms with Crippen LogP contribution in [0.2, 0.25) is 0 Å². The lowest BCUT2D eigenvalue weighted by Crippen LogP contribution is -2.33. The number of hydrogen-bond acceptors (Lipinski definition) is 1. The average molecular weight is 277 g/mol. The van der Waals surface area contributed by atoms with Gasteiger partial charge in [0.05, 0.1) is 0 Å². The topological polar surface area (TPSA) is 12.0 Å². The minimum atomic E-state index is -0.0352. The Hall–Kier alpha value is -0.890. The summed E-state index contributed by atoms with van der Waals surface area (Å²) in [5, 5.41) is 3.59. The lowest BCUT2D eigenvalue weighted by molar-refractivity contribution is 0.225. The highest BCUT2D eigenvalue weighted by atomic mass is 19.1. The van der Waals surface area contributed by atoms with Crippen molar-refractivity contribution in [1.82, 2.24) is 5.32 Å². The van der Waals surface area contributed by atoms with Gasteiger partial charge >= 0.3 is 0 Å². The largest absolute Gasteiger partial charge is 0.316 e. The molecule has 0 heterocycles. The fourth-order valence-corrected chi connectivity index (χ4v) is 3.33. The maximum atomic E-state index is 13.8. The van der Waals surface area contributed by atoms with Gasteiger partial charge < -0.3 is 5.32 Å². The third kappa shape index (κ3) is 4.59. The summed E-state index contributed by atoms with van der Waals surface area (Å²) < 4.78 is 13.8. The van der Waals surface area contributed by atoms with Crippen LogP contribution in [0.1, 0.15) is 45.1 Å². The maximum absolute atomic E-state index is 13.8. The Kier molecular flexibility index (Phi) is 6.03. The molecule has 112 valence electrons. The van der Waals surface area contributed by atoms with E-state index in [0.29, 0.717) is 17.8 Å². The lowest BCUT2D eigenvalue weighted by atomic mass is 9.76. The first-order valence-electron chi connectivity index (χ1n) is 8.11. The van der Waals surface area contributed by atoms with Gasteiger partial charge in [0.2, 0.25) is 0 Å². The normalized spacial score (nSPS) is 23.2. The van der Waals surface area contributed by atoms with Crippen LogP contribution in [0.5, 0.6) is 0 Å². The first-order valence-corrected chi connectivity index (χ1v) is 8.11. The molecule has 1 aromatic carbocycles. The molecule has 1 nitrogen and oxygen atoms in total. The van der Waals surface area contributed by atoms with E-state index in [2.05, 4.69) is 19.2 Å². The first kappa shape index (κ1) is 15.5. The molecule has 0 spiro atoms. The highest BCUT2D eigenvalue weighted by Crippen LogP contribution is 2.32. The number of benzene rings is 1. The van der Waals surface area contributed by atoms with E-state index in [1.54, 1.807) is 12.1 Å². The summed E-state index contributed by atoms with van der Waals surface area (Å²) in [4.78, 5) is 0. The molecule has 0 aliphatic heterocycles. The summed E-state index contributed by atoms with van der Waals surface area (Å²) in [5.74, 6) is 2.01. The van der Waals surface area contributed by atoms with Crippen molar-refractivity contribution in [2.75, 3.05) is 13.1 Å². The second-order valence-corrected chi connectivity index (χ2v) is 6.65. The lowest BCUT2D eigenvalue weighted by Gasteiger charge is -2.32. The molecule has 1 fully saturated rings. The van der Waals surface area contributed by atoms with Gasteiger partial charge in [0.25, 0.3) is 0 Å². The molecule has 20 heavy (non-hydrogen) atoms. The maximum Gasteiger partial charge on any atom is 0.126 e. The molecule has 2 rings (SSSR count). The van der Waals surface area contributed by atoms with Crippen molar-refractivity contribution in [2.24, 2.45) is 17.8 Å². The Bertz CT molecular complexity index is 402. The second kappa shape index (κ2) is 7.78. The van der Waals surface area contributed by atoms with Crippen molar-refractivity contribution in [3.8, 4) is 0 Å². The number of halogens is 1. The minimum Gasteiger partial charge on any atom is -0.316 e. The van der Waals surface area contributed by atoms with E-state index < -0.39 is 0 Å². The van der Waals surface area contributed by atoms with Crippen LogP contribution < -0.4 is 5.32 Å². The highest BCUT2D eigenvalue weighted by Gasteiger charge is 2.25. The second-order valence-electron chi connectivity index (χ2n) is 6.65. The summed E-state index contributed by atoms with van der Waals surface area (Å²) in [6.07, 6.45) is 6.09. The van der Waals surface area contributed by atoms with E-state index >= 15 is 0 Å². The summed E-state index contributed by atoms with van der Waals surface area (Å²) in [5.41, 5.74) is 0.897. The van der Waals surface area contributed by atoms with E-state index in [1.807, 2.05) is 12.1 Å². The Morgan fingerprint density at radius 3 is 2.55 bits per heavy atom. The average Bonchev–Trinajstić information content (AvgIpc) is 2.43. The Morgan fingerprint density at radius 1 is 1.15 bits per heavy atom. The van der Waals surface area contributed by atoms with Gasteiger partial charge in [-0.05, 0) is 61.7 Å². The number of nitrogens with one attached hydrogen (secondary N) is 1. The molecule has 0 aromatic heterocycles. The van der Waals surface area contributed by atoms with Gasteiger partial charge in [0, 0.05) is 0 Å². The number of rotatable bonds is 6. The third-order valence-corrected chi connectivity index (χ3v) is 4.47. The van der Waals surface area contributed by atoms with Crippen molar-refractivity contribution in [1.29, 1.82) is 0 Å². The summed E-state index contributed by atoms with van der Waals surface area (Å²) >= 11 is 0. The molecule has 2 atom stereocenters. The van der Waals surface area contributed by atoms with Crippen molar-refractivity contribution < 1.29 is 4.39 Å². The van der Waals surface area contributed by atoms with Crippen molar-refractivity contribution >= 4 is 0 Å². The molecule has 1 aliphatic carbocycles. The Labute approximate surface area is 123 Å². The van der Waals surface area contributed by atoms with E-state index in [0.717, 1.165) is 25.1 Å². The molecule has 1 aromatic rings. The molecule has 0 bridgehead atoms. The number of hydrogen-bond donors (Lipinski definition) is 1. The molecule has 0 radical (unpaired) electrons. The molecule has 0 amide bonds. The van der Waals surface area contributed by atoms with Crippen molar-refractivity contribution in [3.05, 3.63) is 35.6 Å². The van der Waals surface area contributed by atoms with E-state index in [9.17, 15) is 4.39 Å². The van der Waals surface area contributed by atoms with Gasteiger partial charge in [-0.2, -0.15) is 0 Å². The molecule has 1 saturated carbocycles. The van der Waals surface area contributed by atoms with Gasteiger partial charge in [-0.25, -0.2) is 4.39 Å². The van der Waals surface area contributed by atoms with Crippen molar-refractivity contribution in [3.63, 3.8) is 0 Å². The van der Waals surface area contributed by atoms with E-state index in [4.69, 9.17) is 0 Å². The SMILES string of the molecule is CC(C)CNCC1CCCCC1Cc1ccccc1F. The summed E-state index contributed by atoms with van der Waals surface area (Å²) in [6, 6.07) is 7.27. The fourth-order valence-electron chi connectivity index (χ4n) is 3.33. The van der Waals surface area contributed by atoms with Crippen LogP contribution in [0, 0.1) is 23.6 Å². The van der Waals surface area contributed by atoms with Crippen LogP contribution in [0.25, 0.3) is 0 Å². The standard InChI is InChI=1S/C18H28FN/c1-14(2)12-20-13-17-9-4-3-7-15(17)11-16-8-5-6-10-18(16)19/h5-6,8,10,14-15,17,20H,3-4,7,9,11-13H2,1-2H3. The van der Waals surface area contributed by atoms with Crippen molar-refractivity contribution in [2.45, 2.75) is 46.0 Å². The molecule has 2 heteroatoms. The van der Waals surface area contributed by atoms with Gasteiger partial charge in [-0.1, -0.05) is 44.9 Å². The zero-order chi connectivity index (χ0) is 14.4. The predicted octanol–water partition coefficient (Wildman–Crippen LogP) is 4.42. The molecular formula is C18H28FN. The summed E-state index contributed by atoms with van der Waals surface area (Å²) in [7, 11) is 0. The third-order valence-electron chi connectivity index (χ3n) is 4.47. The zero-order valence-electron chi connectivity index (χ0n) is 12.9. The van der Waals surface area contributed by atoms with E-state index in [1.165, 1.54) is 25.7 Å². The van der Waals surface area contributed by atoms with E-state index in [-0.39, 0.29) is 5.82 Å². The van der Waals surface area contributed by atoms with Gasteiger partial charge in [0.15, 0.2) is 0 Å². The fraction of sp³-hybridized carbons (Fsp3) is 0.667. The van der Waals surface area contributed by atoms with Crippen LogP contribution in [0.15, 0.2) is 24.3 Å². The van der Waals surface area contributed by atoms with Gasteiger partial charge in [0.1, 0.15) is 5.82 Å². The smallest absolute Gasteiger partial charge is 0.126 e. The van der Waals surface area contributed by atoms with Gasteiger partial charge in [-0.3, -0.25) is 0 Å². The predicted molar refractivity (Wildman–Crippen MR) is 83.3 cm³/mol. The molecule has 2 unspecified atom stereocenters. The molecule has 1 N–H and O–H groups in total. The quantitative estimate of drug-likeness (QED) is 0.811. The van der Waals surface area contributed by atoms with Gasteiger partial charge in [-0.15, -0.1) is 0 Å². The Balaban J connectivity index is 1.91. The van der Waals surface area contributed by atoms with Crippen LogP contribution >= 0.6 is 0 Å². The first-order chi connectivity index (χ1) is 9.66.